The van der Waals surface area contributed by atoms with Crippen LogP contribution in [0.2, 0.25) is 0 Å². The fraction of sp³-hybridized carbons (Fsp3) is 0.160. The van der Waals surface area contributed by atoms with Gasteiger partial charge in [-0.25, -0.2) is 0 Å². The lowest BCUT2D eigenvalue weighted by Crippen LogP contribution is -2.17. The molecule has 0 saturated carbocycles. The number of benzene rings is 2. The molecule has 0 fully saturated rings. The average Bonchev–Trinajstić information content (AvgIpc) is 2.72. The summed E-state index contributed by atoms with van der Waals surface area (Å²) in [5.74, 6) is 0. The highest BCUT2D eigenvalue weighted by molar-refractivity contribution is 5.45. The second-order valence-corrected chi connectivity index (χ2v) is 7.01. The molecule has 1 heterocycles. The Bertz CT molecular complexity index is 941. The molecule has 2 aromatic carbocycles. The van der Waals surface area contributed by atoms with Gasteiger partial charge in [0, 0.05) is 11.4 Å². The van der Waals surface area contributed by atoms with Crippen molar-refractivity contribution in [1.82, 2.24) is 4.98 Å². The molecule has 0 aliphatic heterocycles. The van der Waals surface area contributed by atoms with Crippen molar-refractivity contribution in [2.24, 2.45) is 0 Å². The van der Waals surface area contributed by atoms with Crippen molar-refractivity contribution in [3.8, 4) is 0 Å². The first kappa shape index (κ1) is 19.4. The number of nitrogens with zero attached hydrogens (tertiary/aromatic N) is 3. The third-order valence-corrected chi connectivity index (χ3v) is 5.11. The normalized spacial score (nSPS) is 10.4. The molecule has 0 atom stereocenters. The molecule has 3 aromatic rings. The predicted octanol–water partition coefficient (Wildman–Crippen LogP) is 5.59. The summed E-state index contributed by atoms with van der Waals surface area (Å²) in [5, 5.41) is 0. The first-order valence-corrected chi connectivity index (χ1v) is 9.37. The molecule has 0 N–H and O–H groups in total. The Hall–Kier alpha value is -3.33. The number of pyridine rings is 1. The quantitative estimate of drug-likeness (QED) is 0.315. The van der Waals surface area contributed by atoms with E-state index in [0.29, 0.717) is 0 Å². The lowest BCUT2D eigenvalue weighted by Gasteiger charge is -2.21. The van der Waals surface area contributed by atoms with Gasteiger partial charge in [0.15, 0.2) is 0 Å². The highest BCUT2D eigenvalue weighted by Crippen LogP contribution is 2.28. The second kappa shape index (κ2) is 8.13. The van der Waals surface area contributed by atoms with E-state index in [1.54, 1.807) is 0 Å². The van der Waals surface area contributed by atoms with Crippen molar-refractivity contribution in [2.75, 3.05) is 0 Å². The van der Waals surface area contributed by atoms with E-state index in [0.717, 1.165) is 34.8 Å². The van der Waals surface area contributed by atoms with Crippen LogP contribution < -0.4 is 0 Å². The lowest BCUT2D eigenvalue weighted by molar-refractivity contribution is -0.409. The van der Waals surface area contributed by atoms with Gasteiger partial charge in [0.2, 0.25) is 0 Å². The number of rotatable bonds is 6. The molecule has 0 unspecified atom stereocenters. The van der Waals surface area contributed by atoms with Crippen LogP contribution in [0.3, 0.4) is 0 Å². The third-order valence-electron chi connectivity index (χ3n) is 5.11. The van der Waals surface area contributed by atoms with Gasteiger partial charge in [0.1, 0.15) is 23.5 Å². The van der Waals surface area contributed by atoms with E-state index in [2.05, 4.69) is 51.5 Å². The zero-order chi connectivity index (χ0) is 20.3. The molecule has 142 valence electrons. The molecular weight excluding hydrogens is 342 g/mol. The molecule has 0 saturated heterocycles. The van der Waals surface area contributed by atoms with Gasteiger partial charge in [-0.2, -0.15) is 0 Å². The topological polar surface area (TPSA) is 18.9 Å². The first-order chi connectivity index (χ1) is 13.4. The van der Waals surface area contributed by atoms with Crippen LogP contribution in [0.1, 0.15) is 36.4 Å². The van der Waals surface area contributed by atoms with Crippen LogP contribution in [0.4, 0.5) is 11.4 Å². The minimum atomic E-state index is 0.897. The summed E-state index contributed by atoms with van der Waals surface area (Å²) in [6.45, 7) is 16.8. The van der Waals surface area contributed by atoms with Gasteiger partial charge < -0.3 is 0 Å². The van der Waals surface area contributed by atoms with Gasteiger partial charge in [-0.05, 0) is 51.0 Å². The van der Waals surface area contributed by atoms with Crippen LogP contribution in [0, 0.1) is 25.9 Å². The molecule has 0 aliphatic rings. The molecule has 0 spiro atoms. The minimum Gasteiger partial charge on any atom is -0.290 e. The Labute approximate surface area is 168 Å². The average molecular weight is 370 g/mol. The zero-order valence-corrected chi connectivity index (χ0v) is 17.1. The van der Waals surface area contributed by atoms with Crippen molar-refractivity contribution < 1.29 is 9.15 Å². The molecule has 3 nitrogen and oxygen atoms in total. The molecule has 3 heteroatoms. The highest BCUT2D eigenvalue weighted by Gasteiger charge is 2.18. The predicted molar refractivity (Wildman–Crippen MR) is 117 cm³/mol. The van der Waals surface area contributed by atoms with Crippen molar-refractivity contribution in [2.45, 2.75) is 27.7 Å². The standard InChI is InChI=1S/C25H27N3/c1-18-12-7-9-16-24(18)27(5)20(3)22-14-11-15-23(26-22)21(4)28(6)25-17-10-8-13-19(25)2/h7-17H,5-6H2,1-4H3. The molecule has 0 aliphatic carbocycles. The zero-order valence-electron chi connectivity index (χ0n) is 17.1. The lowest BCUT2D eigenvalue weighted by atomic mass is 10.1. The van der Waals surface area contributed by atoms with Gasteiger partial charge in [0.25, 0.3) is 0 Å². The molecule has 1 aromatic heterocycles. The third kappa shape index (κ3) is 3.84. The van der Waals surface area contributed by atoms with Gasteiger partial charge in [-0.1, -0.05) is 36.4 Å². The monoisotopic (exact) mass is 369 g/mol. The molecule has 0 bridgehead atoms. The van der Waals surface area contributed by atoms with E-state index in [9.17, 15) is 0 Å². The fourth-order valence-electron chi connectivity index (χ4n) is 3.21. The van der Waals surface area contributed by atoms with Gasteiger partial charge >= 0.3 is 0 Å². The second-order valence-electron chi connectivity index (χ2n) is 7.01. The van der Waals surface area contributed by atoms with Gasteiger partial charge in [-0.15, -0.1) is 18.2 Å². The molecule has 28 heavy (non-hydrogen) atoms. The fourth-order valence-corrected chi connectivity index (χ4v) is 3.21. The van der Waals surface area contributed by atoms with Crippen LogP contribution in [0.5, 0.6) is 0 Å². The Morgan fingerprint density at radius 3 is 1.43 bits per heavy atom. The van der Waals surface area contributed by atoms with E-state index in [1.165, 1.54) is 11.1 Å². The maximum atomic E-state index is 4.89. The van der Waals surface area contributed by atoms with E-state index < -0.39 is 0 Å². The van der Waals surface area contributed by atoms with Gasteiger partial charge in [0.05, 0.1) is 13.4 Å². The summed E-state index contributed by atoms with van der Waals surface area (Å²) in [7, 11) is 0. The summed E-state index contributed by atoms with van der Waals surface area (Å²) in [5.41, 5.74) is 6.30. The van der Waals surface area contributed by atoms with E-state index in [1.807, 2.05) is 65.5 Å². The first-order valence-electron chi connectivity index (χ1n) is 9.37. The maximum Gasteiger partial charge on any atom is 0.135 e. The largest absolute Gasteiger partial charge is 0.290 e. The Morgan fingerprint density at radius 1 is 0.643 bits per heavy atom. The van der Waals surface area contributed by atoms with Crippen LogP contribution in [-0.2, 0) is 0 Å². The van der Waals surface area contributed by atoms with Crippen molar-refractivity contribution in [3.63, 3.8) is 0 Å². The number of para-hydroxylation sites is 2. The number of hydrogen-bond donors (Lipinski definition) is 0. The highest BCUT2D eigenvalue weighted by atomic mass is 15.1. The molecule has 0 radical (unpaired) electrons. The van der Waals surface area contributed by atoms with E-state index in [-0.39, 0.29) is 0 Å². The summed E-state index contributed by atoms with van der Waals surface area (Å²) < 4.78 is 3.89. The van der Waals surface area contributed by atoms with Crippen LogP contribution >= 0.6 is 0 Å². The smallest absolute Gasteiger partial charge is 0.135 e. The van der Waals surface area contributed by atoms with E-state index in [4.69, 9.17) is 4.98 Å². The molecular formula is C25H27N3. The minimum absolute atomic E-state index is 0.897. The summed E-state index contributed by atoms with van der Waals surface area (Å²) in [6, 6.07) is 24.5. The van der Waals surface area contributed by atoms with Crippen LogP contribution in [0.25, 0.3) is 0 Å². The van der Waals surface area contributed by atoms with Crippen molar-refractivity contribution >= 4 is 24.8 Å². The number of aryl methyl sites for hydroxylation is 2. The maximum absolute atomic E-state index is 4.89. The Balaban J connectivity index is 1.88. The van der Waals surface area contributed by atoms with E-state index >= 15 is 0 Å². The number of aromatic nitrogens is 1. The Morgan fingerprint density at radius 2 is 1.04 bits per heavy atom. The van der Waals surface area contributed by atoms with Crippen molar-refractivity contribution in [3.05, 3.63) is 101 Å². The summed E-state index contributed by atoms with van der Waals surface area (Å²) >= 11 is 0. The SMILES string of the molecule is C=[N+](c1ccccc1C)[C-](C)c1cccc([C-](C)[N+](=C)c2ccccc2C)n1. The number of hydrogen-bond acceptors (Lipinski definition) is 1. The van der Waals surface area contributed by atoms with Gasteiger partial charge in [-0.3, -0.25) is 14.1 Å². The summed E-state index contributed by atoms with van der Waals surface area (Å²) in [6.07, 6.45) is 0. The molecule has 3 rings (SSSR count). The Kier molecular flexibility index (Phi) is 5.65. The van der Waals surface area contributed by atoms with Crippen LogP contribution in [-0.4, -0.2) is 27.6 Å². The van der Waals surface area contributed by atoms with Crippen LogP contribution in [0.15, 0.2) is 66.7 Å². The molecule has 0 amide bonds. The summed E-state index contributed by atoms with van der Waals surface area (Å²) in [4.78, 5) is 4.89. The van der Waals surface area contributed by atoms with Crippen molar-refractivity contribution in [1.29, 1.82) is 0 Å².